The number of halogens is 1. The first-order valence-corrected chi connectivity index (χ1v) is 8.87. The van der Waals surface area contributed by atoms with Crippen LogP contribution in [0.4, 0.5) is 4.39 Å². The standard InChI is InChI=1S/C21H20FN3O4/c1-3-12-28-18-10-4-15(5-11-18)13-24(2)19(26)14-25-21(27)29-20(23-25)16-6-8-17(22)9-7-16/h3-11H,1,12-14H2,2H3. The molecule has 0 aliphatic heterocycles. The minimum absolute atomic E-state index is 0.0283. The van der Waals surface area contributed by atoms with E-state index in [1.165, 1.54) is 29.2 Å². The smallest absolute Gasteiger partial charge is 0.437 e. The zero-order chi connectivity index (χ0) is 20.8. The van der Waals surface area contributed by atoms with Gasteiger partial charge in [-0.05, 0) is 42.0 Å². The van der Waals surface area contributed by atoms with Gasteiger partial charge in [0.2, 0.25) is 11.8 Å². The van der Waals surface area contributed by atoms with Crippen LogP contribution < -0.4 is 10.5 Å². The lowest BCUT2D eigenvalue weighted by atomic mass is 10.2. The third-order valence-electron chi connectivity index (χ3n) is 4.12. The lowest BCUT2D eigenvalue weighted by molar-refractivity contribution is -0.131. The van der Waals surface area contributed by atoms with Gasteiger partial charge in [-0.15, -0.1) is 5.10 Å². The Balaban J connectivity index is 1.63. The Morgan fingerprint density at radius 2 is 1.93 bits per heavy atom. The highest BCUT2D eigenvalue weighted by atomic mass is 19.1. The van der Waals surface area contributed by atoms with Gasteiger partial charge in [0.1, 0.15) is 24.7 Å². The van der Waals surface area contributed by atoms with E-state index >= 15 is 0 Å². The van der Waals surface area contributed by atoms with E-state index in [1.54, 1.807) is 13.1 Å². The van der Waals surface area contributed by atoms with Crippen LogP contribution in [-0.4, -0.2) is 34.2 Å². The number of hydrogen-bond acceptors (Lipinski definition) is 5. The fourth-order valence-corrected chi connectivity index (χ4v) is 2.57. The molecule has 1 aromatic heterocycles. The molecule has 3 aromatic rings. The van der Waals surface area contributed by atoms with Gasteiger partial charge in [-0.3, -0.25) is 4.79 Å². The molecule has 0 N–H and O–H groups in total. The zero-order valence-electron chi connectivity index (χ0n) is 15.9. The van der Waals surface area contributed by atoms with Gasteiger partial charge in [-0.25, -0.2) is 9.18 Å². The zero-order valence-corrected chi connectivity index (χ0v) is 15.9. The third kappa shape index (κ3) is 5.19. The molecule has 7 nitrogen and oxygen atoms in total. The van der Waals surface area contributed by atoms with Gasteiger partial charge < -0.3 is 14.1 Å². The van der Waals surface area contributed by atoms with Gasteiger partial charge >= 0.3 is 5.76 Å². The van der Waals surface area contributed by atoms with Crippen LogP contribution in [0.15, 0.2) is 70.4 Å². The van der Waals surface area contributed by atoms with Crippen LogP contribution in [0, 0.1) is 5.82 Å². The number of ether oxygens (including phenoxy) is 1. The van der Waals surface area contributed by atoms with E-state index in [9.17, 15) is 14.0 Å². The van der Waals surface area contributed by atoms with Crippen LogP contribution in [-0.2, 0) is 17.9 Å². The summed E-state index contributed by atoms with van der Waals surface area (Å²) in [7, 11) is 1.64. The quantitative estimate of drug-likeness (QED) is 0.546. The molecule has 0 saturated heterocycles. The van der Waals surface area contributed by atoms with Crippen LogP contribution in [0.1, 0.15) is 5.56 Å². The van der Waals surface area contributed by atoms with Crippen molar-refractivity contribution < 1.29 is 18.3 Å². The Labute approximate surface area is 166 Å². The summed E-state index contributed by atoms with van der Waals surface area (Å²) < 4.78 is 24.5. The Morgan fingerprint density at radius 3 is 2.59 bits per heavy atom. The fourth-order valence-electron chi connectivity index (χ4n) is 2.57. The maximum absolute atomic E-state index is 13.0. The molecule has 3 rings (SSSR count). The number of nitrogens with zero attached hydrogens (tertiary/aromatic N) is 3. The number of amides is 1. The largest absolute Gasteiger partial charge is 0.490 e. The van der Waals surface area contributed by atoms with E-state index in [0.29, 0.717) is 24.5 Å². The molecular weight excluding hydrogens is 377 g/mol. The summed E-state index contributed by atoms with van der Waals surface area (Å²) in [5.41, 5.74) is 1.35. The first-order valence-electron chi connectivity index (χ1n) is 8.87. The summed E-state index contributed by atoms with van der Waals surface area (Å²) in [6.07, 6.45) is 1.66. The van der Waals surface area contributed by atoms with E-state index in [1.807, 2.05) is 24.3 Å². The van der Waals surface area contributed by atoms with Crippen LogP contribution in [0.25, 0.3) is 11.5 Å². The van der Waals surface area contributed by atoms with Crippen molar-refractivity contribution in [2.24, 2.45) is 0 Å². The summed E-state index contributed by atoms with van der Waals surface area (Å²) >= 11 is 0. The van der Waals surface area contributed by atoms with E-state index in [-0.39, 0.29) is 18.3 Å². The highest BCUT2D eigenvalue weighted by molar-refractivity contribution is 5.75. The molecule has 29 heavy (non-hydrogen) atoms. The summed E-state index contributed by atoms with van der Waals surface area (Å²) in [4.78, 5) is 25.9. The van der Waals surface area contributed by atoms with Crippen molar-refractivity contribution in [3.05, 3.63) is 83.1 Å². The second-order valence-corrected chi connectivity index (χ2v) is 6.33. The molecule has 0 aliphatic rings. The lowest BCUT2D eigenvalue weighted by Crippen LogP contribution is -2.32. The predicted molar refractivity (Wildman–Crippen MR) is 105 cm³/mol. The van der Waals surface area contributed by atoms with Gasteiger partial charge in [0.25, 0.3) is 0 Å². The lowest BCUT2D eigenvalue weighted by Gasteiger charge is -2.17. The molecule has 0 aliphatic carbocycles. The monoisotopic (exact) mass is 397 g/mol. The van der Waals surface area contributed by atoms with Crippen molar-refractivity contribution >= 4 is 5.91 Å². The highest BCUT2D eigenvalue weighted by Crippen LogP contribution is 2.16. The maximum Gasteiger partial charge on any atom is 0.437 e. The Hall–Kier alpha value is -3.68. The molecule has 0 radical (unpaired) electrons. The molecule has 0 bridgehead atoms. The number of carbonyl (C=O) groups excluding carboxylic acids is 1. The molecule has 150 valence electrons. The molecule has 0 unspecified atom stereocenters. The van der Waals surface area contributed by atoms with Crippen LogP contribution >= 0.6 is 0 Å². The van der Waals surface area contributed by atoms with E-state index in [2.05, 4.69) is 11.7 Å². The van der Waals surface area contributed by atoms with Crippen molar-refractivity contribution in [2.45, 2.75) is 13.1 Å². The topological polar surface area (TPSA) is 77.6 Å². The SMILES string of the molecule is C=CCOc1ccc(CN(C)C(=O)Cn2nc(-c3ccc(F)cc3)oc2=O)cc1. The average molecular weight is 397 g/mol. The summed E-state index contributed by atoms with van der Waals surface area (Å²) in [5, 5.41) is 4.02. The van der Waals surface area contributed by atoms with Gasteiger partial charge in [0.05, 0.1) is 0 Å². The second-order valence-electron chi connectivity index (χ2n) is 6.33. The van der Waals surface area contributed by atoms with Crippen LogP contribution in [0.3, 0.4) is 0 Å². The Bertz CT molecular complexity index is 1040. The maximum atomic E-state index is 13.0. The van der Waals surface area contributed by atoms with Gasteiger partial charge in [0.15, 0.2) is 0 Å². The summed E-state index contributed by atoms with van der Waals surface area (Å²) in [6.45, 7) is 4.11. The number of benzene rings is 2. The molecule has 1 heterocycles. The van der Waals surface area contributed by atoms with Crippen molar-refractivity contribution in [1.82, 2.24) is 14.7 Å². The van der Waals surface area contributed by atoms with E-state index in [4.69, 9.17) is 9.15 Å². The number of hydrogen-bond donors (Lipinski definition) is 0. The van der Waals surface area contributed by atoms with Crippen LogP contribution in [0.2, 0.25) is 0 Å². The first kappa shape index (κ1) is 20.1. The normalized spacial score (nSPS) is 10.6. The molecule has 8 heteroatoms. The van der Waals surface area contributed by atoms with Gasteiger partial charge in [-0.1, -0.05) is 24.8 Å². The second kappa shape index (κ2) is 9.01. The summed E-state index contributed by atoms with van der Waals surface area (Å²) in [5.74, 6) is -0.730. The van der Waals surface area contributed by atoms with E-state index in [0.717, 1.165) is 10.2 Å². The fraction of sp³-hybridized carbons (Fsp3) is 0.190. The Morgan fingerprint density at radius 1 is 1.24 bits per heavy atom. The molecule has 0 saturated carbocycles. The van der Waals surface area contributed by atoms with Crippen molar-refractivity contribution in [3.8, 4) is 17.2 Å². The molecular formula is C21H20FN3O4. The van der Waals surface area contributed by atoms with Crippen molar-refractivity contribution in [1.29, 1.82) is 0 Å². The van der Waals surface area contributed by atoms with Crippen molar-refractivity contribution in [3.63, 3.8) is 0 Å². The number of likely N-dealkylation sites (N-methyl/N-ethyl adjacent to an activating group) is 1. The molecule has 0 spiro atoms. The van der Waals surface area contributed by atoms with Gasteiger partial charge in [-0.2, -0.15) is 4.68 Å². The third-order valence-corrected chi connectivity index (χ3v) is 4.12. The average Bonchev–Trinajstić information content (AvgIpc) is 3.08. The Kier molecular flexibility index (Phi) is 6.23. The van der Waals surface area contributed by atoms with Crippen molar-refractivity contribution in [2.75, 3.05) is 13.7 Å². The minimum Gasteiger partial charge on any atom is -0.490 e. The highest BCUT2D eigenvalue weighted by Gasteiger charge is 2.16. The molecule has 0 atom stereocenters. The van der Waals surface area contributed by atoms with Crippen LogP contribution in [0.5, 0.6) is 5.75 Å². The molecule has 0 fully saturated rings. The van der Waals surface area contributed by atoms with E-state index < -0.39 is 11.6 Å². The minimum atomic E-state index is -0.755. The first-order chi connectivity index (χ1) is 14.0. The predicted octanol–water partition coefficient (Wildman–Crippen LogP) is 2.87. The van der Waals surface area contributed by atoms with Gasteiger partial charge in [0, 0.05) is 19.2 Å². The number of rotatable bonds is 8. The molecule has 2 aromatic carbocycles. The summed E-state index contributed by atoms with van der Waals surface area (Å²) in [6, 6.07) is 12.7. The number of aromatic nitrogens is 2. The number of carbonyl (C=O) groups is 1. The molecule has 1 amide bonds.